The fraction of sp³-hybridized carbons (Fsp3) is 0.667. The van der Waals surface area contributed by atoms with Crippen molar-refractivity contribution in [2.24, 2.45) is 7.05 Å². The molecular weight excluding hydrogens is 207 g/mol. The Bertz CT molecular complexity index is 352. The lowest BCUT2D eigenvalue weighted by atomic mass is 10.2. The molecule has 0 bridgehead atoms. The monoisotopic (exact) mass is 219 g/mol. The maximum absolute atomic E-state index is 12.5. The van der Waals surface area contributed by atoms with E-state index < -0.39 is 11.7 Å². The van der Waals surface area contributed by atoms with Crippen molar-refractivity contribution in [3.05, 3.63) is 18.0 Å². The van der Waals surface area contributed by atoms with E-state index in [0.717, 1.165) is 0 Å². The predicted octanol–water partition coefficient (Wildman–Crippen LogP) is 1.60. The second-order valence-corrected chi connectivity index (χ2v) is 3.91. The molecule has 0 aliphatic heterocycles. The molecule has 0 atom stereocenters. The molecule has 0 radical (unpaired) electrons. The lowest BCUT2D eigenvalue weighted by molar-refractivity contribution is -0.166. The number of halogens is 3. The summed E-state index contributed by atoms with van der Waals surface area (Å²) in [5.74, 6) is 0. The highest BCUT2D eigenvalue weighted by molar-refractivity contribution is 5.10. The number of aromatic nitrogens is 2. The Morgan fingerprint density at radius 1 is 1.53 bits per heavy atom. The van der Waals surface area contributed by atoms with Gasteiger partial charge in [0.05, 0.1) is 5.69 Å². The van der Waals surface area contributed by atoms with Crippen molar-refractivity contribution in [2.75, 3.05) is 0 Å². The molecule has 6 heteroatoms. The SMILES string of the molecule is Cn1ccc(CNC2(C(F)(F)F)CC2)n1. The molecular formula is C9H12F3N3. The van der Waals surface area contributed by atoms with Crippen molar-refractivity contribution in [1.29, 1.82) is 0 Å². The zero-order valence-corrected chi connectivity index (χ0v) is 8.30. The van der Waals surface area contributed by atoms with E-state index in [4.69, 9.17) is 0 Å². The molecule has 2 rings (SSSR count). The fourth-order valence-electron chi connectivity index (χ4n) is 1.50. The summed E-state index contributed by atoms with van der Waals surface area (Å²) in [6.45, 7) is 0.167. The minimum atomic E-state index is -4.15. The molecule has 1 heterocycles. The third kappa shape index (κ3) is 1.99. The van der Waals surface area contributed by atoms with E-state index in [0.29, 0.717) is 5.69 Å². The minimum absolute atomic E-state index is 0.167. The second kappa shape index (κ2) is 3.23. The Kier molecular flexibility index (Phi) is 2.26. The largest absolute Gasteiger partial charge is 0.406 e. The molecule has 84 valence electrons. The predicted molar refractivity (Wildman–Crippen MR) is 48.1 cm³/mol. The summed E-state index contributed by atoms with van der Waals surface area (Å²) < 4.78 is 39.1. The Morgan fingerprint density at radius 3 is 2.60 bits per heavy atom. The smallest absolute Gasteiger partial charge is 0.298 e. The number of hydrogen-bond donors (Lipinski definition) is 1. The van der Waals surface area contributed by atoms with Crippen molar-refractivity contribution in [3.8, 4) is 0 Å². The summed E-state index contributed by atoms with van der Waals surface area (Å²) in [5, 5.41) is 6.55. The lowest BCUT2D eigenvalue weighted by Gasteiger charge is -2.19. The minimum Gasteiger partial charge on any atom is -0.298 e. The maximum Gasteiger partial charge on any atom is 0.406 e. The molecule has 1 aliphatic rings. The van der Waals surface area contributed by atoms with Gasteiger partial charge in [-0.1, -0.05) is 0 Å². The van der Waals surface area contributed by atoms with Gasteiger partial charge < -0.3 is 0 Å². The quantitative estimate of drug-likeness (QED) is 0.836. The van der Waals surface area contributed by atoms with Crippen LogP contribution in [-0.2, 0) is 13.6 Å². The Morgan fingerprint density at radius 2 is 2.20 bits per heavy atom. The molecule has 0 amide bonds. The molecule has 1 aromatic heterocycles. The van der Waals surface area contributed by atoms with Crippen LogP contribution in [0, 0.1) is 0 Å². The van der Waals surface area contributed by atoms with Gasteiger partial charge in [0, 0.05) is 19.8 Å². The van der Waals surface area contributed by atoms with Crippen molar-refractivity contribution >= 4 is 0 Å². The molecule has 0 spiro atoms. The van der Waals surface area contributed by atoms with Gasteiger partial charge in [-0.3, -0.25) is 10.00 Å². The average Bonchev–Trinajstić information content (AvgIpc) is 2.82. The van der Waals surface area contributed by atoms with Crippen molar-refractivity contribution in [3.63, 3.8) is 0 Å². The number of hydrogen-bond acceptors (Lipinski definition) is 2. The zero-order valence-electron chi connectivity index (χ0n) is 8.30. The van der Waals surface area contributed by atoms with E-state index in [-0.39, 0.29) is 19.4 Å². The molecule has 0 unspecified atom stereocenters. The van der Waals surface area contributed by atoms with E-state index in [9.17, 15) is 13.2 Å². The first kappa shape index (κ1) is 10.5. The van der Waals surface area contributed by atoms with Crippen LogP contribution in [0.5, 0.6) is 0 Å². The van der Waals surface area contributed by atoms with Gasteiger partial charge in [-0.15, -0.1) is 0 Å². The van der Waals surface area contributed by atoms with Gasteiger partial charge in [-0.2, -0.15) is 18.3 Å². The summed E-state index contributed by atoms with van der Waals surface area (Å²) >= 11 is 0. The standard InChI is InChI=1S/C9H12F3N3/c1-15-5-2-7(14-15)6-13-8(3-4-8)9(10,11)12/h2,5,13H,3-4,6H2,1H3. The van der Waals surface area contributed by atoms with Gasteiger partial charge in [0.2, 0.25) is 0 Å². The van der Waals surface area contributed by atoms with Gasteiger partial charge in [0.15, 0.2) is 0 Å². The van der Waals surface area contributed by atoms with E-state index >= 15 is 0 Å². The van der Waals surface area contributed by atoms with Crippen LogP contribution in [-0.4, -0.2) is 21.5 Å². The zero-order chi connectivity index (χ0) is 11.1. The Hall–Kier alpha value is -1.04. The van der Waals surface area contributed by atoms with Crippen LogP contribution >= 0.6 is 0 Å². The van der Waals surface area contributed by atoms with Gasteiger partial charge in [-0.05, 0) is 18.9 Å². The van der Waals surface area contributed by atoms with Crippen molar-refractivity contribution < 1.29 is 13.2 Å². The average molecular weight is 219 g/mol. The highest BCUT2D eigenvalue weighted by Crippen LogP contribution is 2.48. The highest BCUT2D eigenvalue weighted by atomic mass is 19.4. The van der Waals surface area contributed by atoms with E-state index in [1.165, 1.54) is 0 Å². The summed E-state index contributed by atoms with van der Waals surface area (Å²) in [6, 6.07) is 1.71. The van der Waals surface area contributed by atoms with Crippen LogP contribution in [0.4, 0.5) is 13.2 Å². The fourth-order valence-corrected chi connectivity index (χ4v) is 1.50. The molecule has 0 saturated heterocycles. The summed E-state index contributed by atoms with van der Waals surface area (Å²) in [5.41, 5.74) is -1.02. The van der Waals surface area contributed by atoms with Crippen LogP contribution in [0.1, 0.15) is 18.5 Å². The number of rotatable bonds is 3. The number of nitrogens with one attached hydrogen (secondary N) is 1. The summed E-state index contributed by atoms with van der Waals surface area (Å²) in [7, 11) is 1.74. The lowest BCUT2D eigenvalue weighted by Crippen LogP contribution is -2.44. The van der Waals surface area contributed by atoms with Gasteiger partial charge in [0.25, 0.3) is 0 Å². The summed E-state index contributed by atoms with van der Waals surface area (Å²) in [6.07, 6.45) is -2.10. The van der Waals surface area contributed by atoms with Gasteiger partial charge in [0.1, 0.15) is 5.54 Å². The van der Waals surface area contributed by atoms with Crippen LogP contribution in [0.15, 0.2) is 12.3 Å². The molecule has 15 heavy (non-hydrogen) atoms. The maximum atomic E-state index is 12.5. The molecule has 1 saturated carbocycles. The topological polar surface area (TPSA) is 29.9 Å². The Labute approximate surface area is 85.3 Å². The molecule has 1 aromatic rings. The Balaban J connectivity index is 1.94. The van der Waals surface area contributed by atoms with Crippen LogP contribution in [0.25, 0.3) is 0 Å². The van der Waals surface area contributed by atoms with Crippen LogP contribution in [0.3, 0.4) is 0 Å². The van der Waals surface area contributed by atoms with Crippen molar-refractivity contribution in [1.82, 2.24) is 15.1 Å². The molecule has 1 N–H and O–H groups in total. The third-order valence-corrected chi connectivity index (χ3v) is 2.67. The van der Waals surface area contributed by atoms with E-state index in [1.54, 1.807) is 24.0 Å². The van der Waals surface area contributed by atoms with E-state index in [1.807, 2.05) is 0 Å². The third-order valence-electron chi connectivity index (χ3n) is 2.67. The first-order chi connectivity index (χ1) is 6.93. The van der Waals surface area contributed by atoms with E-state index in [2.05, 4.69) is 10.4 Å². The van der Waals surface area contributed by atoms with Gasteiger partial charge in [-0.25, -0.2) is 0 Å². The molecule has 1 aliphatic carbocycles. The second-order valence-electron chi connectivity index (χ2n) is 3.91. The normalized spacial score (nSPS) is 19.2. The number of nitrogens with zero attached hydrogens (tertiary/aromatic N) is 2. The van der Waals surface area contributed by atoms with Crippen molar-refractivity contribution in [2.45, 2.75) is 31.1 Å². The molecule has 1 fully saturated rings. The molecule has 0 aromatic carbocycles. The summed E-state index contributed by atoms with van der Waals surface area (Å²) in [4.78, 5) is 0. The number of aryl methyl sites for hydroxylation is 1. The van der Waals surface area contributed by atoms with Crippen LogP contribution < -0.4 is 5.32 Å². The number of alkyl halides is 3. The highest BCUT2D eigenvalue weighted by Gasteiger charge is 2.62. The first-order valence-electron chi connectivity index (χ1n) is 4.73. The molecule has 3 nitrogen and oxygen atoms in total. The van der Waals surface area contributed by atoms with Gasteiger partial charge >= 0.3 is 6.18 Å². The first-order valence-corrected chi connectivity index (χ1v) is 4.73. The van der Waals surface area contributed by atoms with Crippen LogP contribution in [0.2, 0.25) is 0 Å².